The molecule has 0 saturated carbocycles. The second-order valence-electron chi connectivity index (χ2n) is 9.84. The molecule has 38 heavy (non-hydrogen) atoms. The molecule has 0 amide bonds. The van der Waals surface area contributed by atoms with Crippen LogP contribution in [-0.4, -0.2) is 53.9 Å². The molecule has 2 aromatic rings. The fourth-order valence-electron chi connectivity index (χ4n) is 4.43. The van der Waals surface area contributed by atoms with Crippen LogP contribution in [0.15, 0.2) is 30.3 Å². The van der Waals surface area contributed by atoms with E-state index in [2.05, 4.69) is 13.8 Å². The smallest absolute Gasteiger partial charge is 0.333 e. The van der Waals surface area contributed by atoms with Crippen molar-refractivity contribution in [1.82, 2.24) is 4.98 Å². The van der Waals surface area contributed by atoms with Gasteiger partial charge in [-0.05, 0) is 48.9 Å². The van der Waals surface area contributed by atoms with Gasteiger partial charge in [0.05, 0.1) is 43.9 Å². The quantitative estimate of drug-likeness (QED) is 0.239. The second kappa shape index (κ2) is 15.0. The lowest BCUT2D eigenvalue weighted by Gasteiger charge is -2.24. The monoisotopic (exact) mass is 551 g/mol. The van der Waals surface area contributed by atoms with E-state index in [4.69, 9.17) is 18.8 Å². The number of benzene rings is 1. The lowest BCUT2D eigenvalue weighted by molar-refractivity contribution is 0.110. The summed E-state index contributed by atoms with van der Waals surface area (Å²) in [6.45, 7) is 12.4. The summed E-state index contributed by atoms with van der Waals surface area (Å²) >= 11 is 0. The van der Waals surface area contributed by atoms with E-state index < -0.39 is 19.8 Å². The molecule has 0 fully saturated rings. The number of rotatable bonds is 15. The highest BCUT2D eigenvalue weighted by molar-refractivity contribution is 7.53. The van der Waals surface area contributed by atoms with E-state index in [9.17, 15) is 19.2 Å². The second-order valence-corrected chi connectivity index (χ2v) is 11.9. The summed E-state index contributed by atoms with van der Waals surface area (Å²) in [6, 6.07) is 6.30. The highest BCUT2D eigenvalue weighted by Gasteiger charge is 2.29. The highest BCUT2D eigenvalue weighted by atomic mass is 31.2. The van der Waals surface area contributed by atoms with Gasteiger partial charge in [-0.3, -0.25) is 9.55 Å². The van der Waals surface area contributed by atoms with Crippen LogP contribution in [0, 0.1) is 5.82 Å². The van der Waals surface area contributed by atoms with Gasteiger partial charge in [0, 0.05) is 30.4 Å². The normalized spacial score (nSPS) is 14.1. The first-order valence-electron chi connectivity index (χ1n) is 13.2. The van der Waals surface area contributed by atoms with E-state index in [1.807, 2.05) is 13.8 Å². The fraction of sp³-hybridized carbons (Fsp3) is 0.552. The standard InChI is InChI=1S/C29H43FNO6P/c1-8-36-38(34,37-9-2)18-24(33)16-23(32)14-15-25-27(21-10-12-22(30)13-11-21)26(17-35-7)29(20(5)6)31-28(25)19(3)4/h10-15,19-20,23-24,32-33H,8-9,16-18H2,1-7H3/b15-14+/t23-,24-/m1/s1. The minimum absolute atomic E-state index is 0.0496. The Morgan fingerprint density at radius 1 is 1.00 bits per heavy atom. The van der Waals surface area contributed by atoms with E-state index >= 15 is 0 Å². The minimum atomic E-state index is -3.45. The maximum atomic E-state index is 13.8. The zero-order chi connectivity index (χ0) is 28.5. The predicted octanol–water partition coefficient (Wildman–Crippen LogP) is 6.67. The summed E-state index contributed by atoms with van der Waals surface area (Å²) in [5.41, 5.74) is 5.14. The fourth-order valence-corrected chi connectivity index (χ4v) is 6.17. The summed E-state index contributed by atoms with van der Waals surface area (Å²) in [4.78, 5) is 5.02. The van der Waals surface area contributed by atoms with Crippen LogP contribution in [-0.2, 0) is 25.0 Å². The number of ether oxygens (including phenoxy) is 1. The first-order valence-corrected chi connectivity index (χ1v) is 14.9. The Hall–Kier alpha value is -1.93. The molecule has 2 atom stereocenters. The number of nitrogens with zero attached hydrogens (tertiary/aromatic N) is 1. The molecular formula is C29H43FNO6P. The summed E-state index contributed by atoms with van der Waals surface area (Å²) < 4.78 is 42.6. The Kier molecular flexibility index (Phi) is 12.8. The van der Waals surface area contributed by atoms with Crippen molar-refractivity contribution in [3.8, 4) is 11.1 Å². The first-order chi connectivity index (χ1) is 18.0. The Morgan fingerprint density at radius 2 is 1.58 bits per heavy atom. The van der Waals surface area contributed by atoms with Crippen LogP contribution in [0.1, 0.15) is 82.3 Å². The van der Waals surface area contributed by atoms with Gasteiger partial charge in [-0.2, -0.15) is 0 Å². The molecule has 7 nitrogen and oxygen atoms in total. The maximum Gasteiger partial charge on any atom is 0.333 e. The Labute approximate surface area is 226 Å². The summed E-state index contributed by atoms with van der Waals surface area (Å²) in [6.07, 6.45) is 1.01. The molecule has 212 valence electrons. The number of hydrogen-bond donors (Lipinski definition) is 2. The van der Waals surface area contributed by atoms with Crippen molar-refractivity contribution in [2.45, 2.75) is 78.6 Å². The molecule has 0 aliphatic carbocycles. The molecular weight excluding hydrogens is 508 g/mol. The van der Waals surface area contributed by atoms with Crippen molar-refractivity contribution >= 4 is 13.7 Å². The average Bonchev–Trinajstić information content (AvgIpc) is 2.83. The first kappa shape index (κ1) is 32.3. The maximum absolute atomic E-state index is 13.8. The molecule has 1 heterocycles. The van der Waals surface area contributed by atoms with Crippen LogP contribution in [0.3, 0.4) is 0 Å². The van der Waals surface area contributed by atoms with Crippen molar-refractivity contribution in [3.63, 3.8) is 0 Å². The van der Waals surface area contributed by atoms with Crippen LogP contribution >= 0.6 is 7.60 Å². The average molecular weight is 552 g/mol. The number of methoxy groups -OCH3 is 1. The summed E-state index contributed by atoms with van der Waals surface area (Å²) in [5.74, 6) is -0.141. The van der Waals surface area contributed by atoms with Crippen LogP contribution in [0.25, 0.3) is 17.2 Å². The van der Waals surface area contributed by atoms with Gasteiger partial charge in [0.15, 0.2) is 0 Å². The molecule has 0 aliphatic rings. The lowest BCUT2D eigenvalue weighted by atomic mass is 9.87. The third-order valence-corrected chi connectivity index (χ3v) is 8.17. The van der Waals surface area contributed by atoms with Crippen LogP contribution < -0.4 is 0 Å². The largest absolute Gasteiger partial charge is 0.392 e. The van der Waals surface area contributed by atoms with Crippen molar-refractivity contribution in [1.29, 1.82) is 0 Å². The molecule has 0 aliphatic heterocycles. The van der Waals surface area contributed by atoms with Crippen molar-refractivity contribution in [2.75, 3.05) is 26.5 Å². The van der Waals surface area contributed by atoms with Crippen molar-refractivity contribution in [3.05, 3.63) is 58.7 Å². The number of aliphatic hydroxyl groups excluding tert-OH is 2. The number of aliphatic hydroxyl groups is 2. The molecule has 2 rings (SSSR count). The van der Waals surface area contributed by atoms with E-state index in [-0.39, 0.29) is 43.4 Å². The topological polar surface area (TPSA) is 98.1 Å². The van der Waals surface area contributed by atoms with Crippen LogP contribution in [0.4, 0.5) is 4.39 Å². The minimum Gasteiger partial charge on any atom is -0.392 e. The molecule has 1 aromatic heterocycles. The van der Waals surface area contributed by atoms with Gasteiger partial charge in [0.25, 0.3) is 0 Å². The van der Waals surface area contributed by atoms with E-state index in [1.54, 1.807) is 45.2 Å². The van der Waals surface area contributed by atoms with E-state index in [0.717, 1.165) is 33.6 Å². The van der Waals surface area contributed by atoms with Gasteiger partial charge >= 0.3 is 7.60 Å². The number of aromatic nitrogens is 1. The van der Waals surface area contributed by atoms with Crippen molar-refractivity contribution in [2.24, 2.45) is 0 Å². The molecule has 0 spiro atoms. The highest BCUT2D eigenvalue weighted by Crippen LogP contribution is 2.48. The Balaban J connectivity index is 2.54. The number of pyridine rings is 1. The third kappa shape index (κ3) is 8.80. The SMILES string of the molecule is CCOP(=O)(C[C@H](O)C[C@H](O)/C=C/c1c(C(C)C)nc(C(C)C)c(COC)c1-c1ccc(F)cc1)OCC. The molecule has 0 saturated heterocycles. The molecule has 2 N–H and O–H groups in total. The van der Waals surface area contributed by atoms with Gasteiger partial charge in [0.1, 0.15) is 5.82 Å². The molecule has 0 radical (unpaired) electrons. The predicted molar refractivity (Wildman–Crippen MR) is 150 cm³/mol. The Morgan fingerprint density at radius 3 is 2.08 bits per heavy atom. The summed E-state index contributed by atoms with van der Waals surface area (Å²) in [5, 5.41) is 21.3. The van der Waals surface area contributed by atoms with Crippen LogP contribution in [0.5, 0.6) is 0 Å². The van der Waals surface area contributed by atoms with Crippen LogP contribution in [0.2, 0.25) is 0 Å². The van der Waals surface area contributed by atoms with Crippen molar-refractivity contribution < 1.29 is 33.0 Å². The summed E-state index contributed by atoms with van der Waals surface area (Å²) in [7, 11) is -1.83. The van der Waals surface area contributed by atoms with Gasteiger partial charge in [-0.15, -0.1) is 0 Å². The molecule has 1 aromatic carbocycles. The molecule has 9 heteroatoms. The van der Waals surface area contributed by atoms with E-state index in [0.29, 0.717) is 6.61 Å². The third-order valence-electron chi connectivity index (χ3n) is 6.00. The number of halogens is 1. The number of hydrogen-bond acceptors (Lipinski definition) is 7. The zero-order valence-electron chi connectivity index (χ0n) is 23.6. The lowest BCUT2D eigenvalue weighted by Crippen LogP contribution is -2.21. The van der Waals surface area contributed by atoms with Gasteiger partial charge in [0.2, 0.25) is 0 Å². The zero-order valence-corrected chi connectivity index (χ0v) is 24.5. The van der Waals surface area contributed by atoms with Gasteiger partial charge in [-0.1, -0.05) is 52.0 Å². The molecule has 0 unspecified atom stereocenters. The van der Waals surface area contributed by atoms with Gasteiger partial charge < -0.3 is 24.0 Å². The Bertz CT molecular complexity index is 1090. The van der Waals surface area contributed by atoms with E-state index in [1.165, 1.54) is 12.1 Å². The van der Waals surface area contributed by atoms with Gasteiger partial charge in [-0.25, -0.2) is 4.39 Å². The molecule has 0 bridgehead atoms.